The molecular weight excluding hydrogens is 412 g/mol. The Kier molecular flexibility index (Phi) is 7.68. The lowest BCUT2D eigenvalue weighted by molar-refractivity contribution is -0.118. The van der Waals surface area contributed by atoms with Crippen molar-refractivity contribution in [3.8, 4) is 5.75 Å². The van der Waals surface area contributed by atoms with Crippen LogP contribution in [0.25, 0.3) is 0 Å². The molecule has 3 aromatic rings. The maximum absolute atomic E-state index is 12.6. The molecule has 0 radical (unpaired) electrons. The summed E-state index contributed by atoms with van der Waals surface area (Å²) in [4.78, 5) is 25.0. The molecule has 0 spiro atoms. The number of benzene rings is 3. The maximum Gasteiger partial charge on any atom is 0.262 e. The van der Waals surface area contributed by atoms with Crippen LogP contribution in [0.4, 0.5) is 5.69 Å². The number of carbonyl (C=O) groups is 2. The van der Waals surface area contributed by atoms with Gasteiger partial charge in [0.25, 0.3) is 11.8 Å². The zero-order valence-electron chi connectivity index (χ0n) is 17.6. The predicted molar refractivity (Wildman–Crippen MR) is 124 cm³/mol. The van der Waals surface area contributed by atoms with Gasteiger partial charge in [0.1, 0.15) is 5.75 Å². The number of nitrogens with one attached hydrogen (secondary N) is 2. The van der Waals surface area contributed by atoms with E-state index in [-0.39, 0.29) is 18.4 Å². The third-order valence-corrected chi connectivity index (χ3v) is 5.36. The molecule has 3 aromatic carbocycles. The molecule has 3 rings (SSSR count). The summed E-state index contributed by atoms with van der Waals surface area (Å²) >= 11 is 6.16. The van der Waals surface area contributed by atoms with Gasteiger partial charge in [-0.3, -0.25) is 9.59 Å². The minimum absolute atomic E-state index is 0.176. The molecule has 0 aliphatic carbocycles. The lowest BCUT2D eigenvalue weighted by Crippen LogP contribution is -2.28. The second-order valence-corrected chi connectivity index (χ2v) is 7.62. The van der Waals surface area contributed by atoms with Gasteiger partial charge in [0.2, 0.25) is 0 Å². The number of halogens is 1. The third-order valence-electron chi connectivity index (χ3n) is 4.77. The number of amides is 2. The largest absolute Gasteiger partial charge is 0.484 e. The minimum Gasteiger partial charge on any atom is -0.484 e. The first-order valence-electron chi connectivity index (χ1n) is 10.0. The lowest BCUT2D eigenvalue weighted by atomic mass is 10.1. The zero-order valence-corrected chi connectivity index (χ0v) is 18.3. The van der Waals surface area contributed by atoms with E-state index in [0.29, 0.717) is 28.6 Å². The molecule has 0 saturated carbocycles. The highest BCUT2D eigenvalue weighted by Gasteiger charge is 2.13. The van der Waals surface area contributed by atoms with Crippen LogP contribution in [0.3, 0.4) is 0 Å². The number of hydrogen-bond donors (Lipinski definition) is 2. The molecule has 160 valence electrons. The first kappa shape index (κ1) is 22.4. The SMILES string of the molecule is Cc1cc(OCC(=O)Nc2ccccc2C(=O)NCCc2ccccc2)cc(C)c1Cl. The van der Waals surface area contributed by atoms with Crippen molar-refractivity contribution in [3.63, 3.8) is 0 Å². The molecule has 6 heteroatoms. The molecule has 0 aliphatic rings. The van der Waals surface area contributed by atoms with E-state index in [1.807, 2.05) is 44.2 Å². The van der Waals surface area contributed by atoms with Crippen molar-refractivity contribution < 1.29 is 14.3 Å². The van der Waals surface area contributed by atoms with Crippen molar-refractivity contribution in [1.82, 2.24) is 5.32 Å². The molecule has 0 aliphatic heterocycles. The van der Waals surface area contributed by atoms with E-state index < -0.39 is 0 Å². The summed E-state index contributed by atoms with van der Waals surface area (Å²) in [7, 11) is 0. The highest BCUT2D eigenvalue weighted by Crippen LogP contribution is 2.26. The maximum atomic E-state index is 12.6. The second-order valence-electron chi connectivity index (χ2n) is 7.24. The molecule has 31 heavy (non-hydrogen) atoms. The lowest BCUT2D eigenvalue weighted by Gasteiger charge is -2.13. The number of hydrogen-bond acceptors (Lipinski definition) is 3. The molecule has 2 N–H and O–H groups in total. The first-order chi connectivity index (χ1) is 14.9. The van der Waals surface area contributed by atoms with Gasteiger partial charge < -0.3 is 15.4 Å². The molecule has 0 aromatic heterocycles. The molecule has 2 amide bonds. The van der Waals surface area contributed by atoms with E-state index in [9.17, 15) is 9.59 Å². The fourth-order valence-electron chi connectivity index (χ4n) is 3.18. The Morgan fingerprint density at radius 1 is 0.935 bits per heavy atom. The molecule has 0 heterocycles. The Balaban J connectivity index is 1.56. The van der Waals surface area contributed by atoms with Gasteiger partial charge in [-0.15, -0.1) is 0 Å². The van der Waals surface area contributed by atoms with Crippen molar-refractivity contribution in [2.75, 3.05) is 18.5 Å². The molecular formula is C25H25ClN2O3. The van der Waals surface area contributed by atoms with Crippen molar-refractivity contribution >= 4 is 29.1 Å². The number of ether oxygens (including phenoxy) is 1. The highest BCUT2D eigenvalue weighted by atomic mass is 35.5. The van der Waals surface area contributed by atoms with Gasteiger partial charge in [0.15, 0.2) is 6.61 Å². The standard InChI is InChI=1S/C25H25ClN2O3/c1-17-14-20(15-18(2)24(17)26)31-16-23(29)28-22-11-7-6-10-21(22)25(30)27-13-12-19-8-4-3-5-9-19/h3-11,14-15H,12-13,16H2,1-2H3,(H,27,30)(H,28,29). The Labute approximate surface area is 187 Å². The van der Waals surface area contributed by atoms with Gasteiger partial charge in [0.05, 0.1) is 11.3 Å². The fraction of sp³-hybridized carbons (Fsp3) is 0.200. The van der Waals surface area contributed by atoms with Crippen LogP contribution in [-0.4, -0.2) is 25.0 Å². The molecule has 0 bridgehead atoms. The molecule has 5 nitrogen and oxygen atoms in total. The summed E-state index contributed by atoms with van der Waals surface area (Å²) in [5, 5.41) is 6.35. The Bertz CT molecular complexity index is 1040. The molecule has 0 fully saturated rings. The fourth-order valence-corrected chi connectivity index (χ4v) is 3.28. The van der Waals surface area contributed by atoms with E-state index in [1.165, 1.54) is 0 Å². The van der Waals surface area contributed by atoms with Crippen LogP contribution in [0.5, 0.6) is 5.75 Å². The average Bonchev–Trinajstić information content (AvgIpc) is 2.77. The van der Waals surface area contributed by atoms with E-state index >= 15 is 0 Å². The van der Waals surface area contributed by atoms with E-state index in [0.717, 1.165) is 23.1 Å². The molecule has 0 saturated heterocycles. The van der Waals surface area contributed by atoms with Gasteiger partial charge in [-0.1, -0.05) is 54.1 Å². The van der Waals surface area contributed by atoms with Gasteiger partial charge in [-0.2, -0.15) is 0 Å². The summed E-state index contributed by atoms with van der Waals surface area (Å²) in [6, 6.07) is 20.4. The van der Waals surface area contributed by atoms with Crippen molar-refractivity contribution in [2.24, 2.45) is 0 Å². The summed E-state index contributed by atoms with van der Waals surface area (Å²) in [5.74, 6) is -0.0204. The Morgan fingerprint density at radius 3 is 2.29 bits per heavy atom. The third kappa shape index (κ3) is 6.33. The number of rotatable bonds is 8. The van der Waals surface area contributed by atoms with Crippen molar-refractivity contribution in [3.05, 3.63) is 94.0 Å². The smallest absolute Gasteiger partial charge is 0.262 e. The zero-order chi connectivity index (χ0) is 22.2. The topological polar surface area (TPSA) is 67.4 Å². The number of carbonyl (C=O) groups excluding carboxylic acids is 2. The summed E-state index contributed by atoms with van der Waals surface area (Å²) < 4.78 is 5.60. The quantitative estimate of drug-likeness (QED) is 0.525. The summed E-state index contributed by atoms with van der Waals surface area (Å²) in [6.45, 7) is 4.10. The minimum atomic E-state index is -0.352. The normalized spacial score (nSPS) is 10.4. The second kappa shape index (κ2) is 10.6. The number of para-hydroxylation sites is 1. The Hall–Kier alpha value is -3.31. The van der Waals surface area contributed by atoms with Gasteiger partial charge in [0, 0.05) is 11.6 Å². The first-order valence-corrected chi connectivity index (χ1v) is 10.4. The number of aryl methyl sites for hydroxylation is 2. The van der Waals surface area contributed by atoms with Crippen molar-refractivity contribution in [2.45, 2.75) is 20.3 Å². The molecule has 0 atom stereocenters. The molecule has 0 unspecified atom stereocenters. The van der Waals surface area contributed by atoms with E-state index in [4.69, 9.17) is 16.3 Å². The van der Waals surface area contributed by atoms with Crippen LogP contribution in [0, 0.1) is 13.8 Å². The summed E-state index contributed by atoms with van der Waals surface area (Å²) in [6.07, 6.45) is 0.731. The van der Waals surface area contributed by atoms with Gasteiger partial charge in [-0.25, -0.2) is 0 Å². The van der Waals surface area contributed by atoms with Crippen LogP contribution in [0.1, 0.15) is 27.0 Å². The van der Waals surface area contributed by atoms with Crippen molar-refractivity contribution in [1.29, 1.82) is 0 Å². The highest BCUT2D eigenvalue weighted by molar-refractivity contribution is 6.32. The van der Waals surface area contributed by atoms with Gasteiger partial charge in [-0.05, 0) is 61.2 Å². The van der Waals surface area contributed by atoms with Crippen LogP contribution < -0.4 is 15.4 Å². The average molecular weight is 437 g/mol. The Morgan fingerprint density at radius 2 is 1.58 bits per heavy atom. The summed E-state index contributed by atoms with van der Waals surface area (Å²) in [5.41, 5.74) is 3.76. The van der Waals surface area contributed by atoms with Gasteiger partial charge >= 0.3 is 0 Å². The van der Waals surface area contributed by atoms with E-state index in [1.54, 1.807) is 36.4 Å². The van der Waals surface area contributed by atoms with Crippen LogP contribution in [0.15, 0.2) is 66.7 Å². The van der Waals surface area contributed by atoms with E-state index in [2.05, 4.69) is 10.6 Å². The monoisotopic (exact) mass is 436 g/mol. The van der Waals surface area contributed by atoms with Crippen LogP contribution in [-0.2, 0) is 11.2 Å². The van der Waals surface area contributed by atoms with Crippen LogP contribution in [0.2, 0.25) is 5.02 Å². The number of anilines is 1. The predicted octanol–water partition coefficient (Wildman–Crippen LogP) is 4.95. The van der Waals surface area contributed by atoms with Crippen LogP contribution >= 0.6 is 11.6 Å².